The molecule has 0 saturated heterocycles. The Hall–Kier alpha value is -2.48. The van der Waals surface area contributed by atoms with Crippen molar-refractivity contribution in [2.45, 2.75) is 20.8 Å². The highest BCUT2D eigenvalue weighted by Crippen LogP contribution is 2.46. The van der Waals surface area contributed by atoms with Crippen LogP contribution in [0.3, 0.4) is 0 Å². The van der Waals surface area contributed by atoms with Crippen LogP contribution in [0.25, 0.3) is 11.1 Å². The molecule has 0 aliphatic heterocycles. The maximum Gasteiger partial charge on any atom is 0.119 e. The van der Waals surface area contributed by atoms with Crippen molar-refractivity contribution in [3.63, 3.8) is 0 Å². The fourth-order valence-electron chi connectivity index (χ4n) is 3.38. The average Bonchev–Trinajstić information content (AvgIpc) is 2.85. The maximum absolute atomic E-state index is 5.42. The van der Waals surface area contributed by atoms with Gasteiger partial charge < -0.3 is 9.47 Å². The summed E-state index contributed by atoms with van der Waals surface area (Å²) in [5, 5.41) is 0. The van der Waals surface area contributed by atoms with E-state index in [2.05, 4.69) is 45.0 Å². The van der Waals surface area contributed by atoms with Crippen LogP contribution in [0.1, 0.15) is 37.5 Å². The van der Waals surface area contributed by atoms with Gasteiger partial charge in [0.2, 0.25) is 0 Å². The quantitative estimate of drug-likeness (QED) is 0.762. The molecule has 0 spiro atoms. The zero-order valence-electron chi connectivity index (χ0n) is 14.4. The van der Waals surface area contributed by atoms with Crippen molar-refractivity contribution in [2.75, 3.05) is 14.2 Å². The first-order valence-electron chi connectivity index (χ1n) is 7.78. The van der Waals surface area contributed by atoms with E-state index in [0.717, 1.165) is 11.5 Å². The topological polar surface area (TPSA) is 18.5 Å². The van der Waals surface area contributed by atoms with E-state index in [1.807, 2.05) is 18.2 Å². The first kappa shape index (κ1) is 15.4. The van der Waals surface area contributed by atoms with E-state index in [1.54, 1.807) is 14.2 Å². The zero-order chi connectivity index (χ0) is 16.6. The van der Waals surface area contributed by atoms with Gasteiger partial charge in [-0.1, -0.05) is 23.8 Å². The van der Waals surface area contributed by atoms with Crippen molar-refractivity contribution >= 4 is 11.1 Å². The Morgan fingerprint density at radius 2 is 1.39 bits per heavy atom. The second kappa shape index (κ2) is 5.96. The summed E-state index contributed by atoms with van der Waals surface area (Å²) in [6.45, 7) is 6.53. The smallest absolute Gasteiger partial charge is 0.119 e. The Morgan fingerprint density at radius 3 is 1.96 bits per heavy atom. The van der Waals surface area contributed by atoms with Crippen LogP contribution in [0.2, 0.25) is 0 Å². The summed E-state index contributed by atoms with van der Waals surface area (Å²) < 4.78 is 10.7. The second-order valence-electron chi connectivity index (χ2n) is 6.02. The lowest BCUT2D eigenvalue weighted by Crippen LogP contribution is -1.90. The lowest BCUT2D eigenvalue weighted by atomic mass is 9.98. The third-order valence-corrected chi connectivity index (χ3v) is 4.39. The van der Waals surface area contributed by atoms with E-state index in [1.165, 1.54) is 39.0 Å². The SMILES string of the molecule is COc1ccc(C2=C(C)C(=C(C)C)c3cc(OC)ccc32)cc1. The Balaban J connectivity index is 2.22. The Labute approximate surface area is 138 Å². The molecule has 0 bridgehead atoms. The maximum atomic E-state index is 5.42. The van der Waals surface area contributed by atoms with E-state index in [4.69, 9.17) is 9.47 Å². The van der Waals surface area contributed by atoms with E-state index in [9.17, 15) is 0 Å². The third-order valence-electron chi connectivity index (χ3n) is 4.39. The van der Waals surface area contributed by atoms with E-state index < -0.39 is 0 Å². The second-order valence-corrected chi connectivity index (χ2v) is 6.02. The summed E-state index contributed by atoms with van der Waals surface area (Å²) in [5.41, 5.74) is 8.99. The highest BCUT2D eigenvalue weighted by atomic mass is 16.5. The number of benzene rings is 2. The fourth-order valence-corrected chi connectivity index (χ4v) is 3.38. The van der Waals surface area contributed by atoms with E-state index in [-0.39, 0.29) is 0 Å². The molecule has 0 atom stereocenters. The van der Waals surface area contributed by atoms with Crippen LogP contribution in [-0.4, -0.2) is 14.2 Å². The van der Waals surface area contributed by atoms with Crippen LogP contribution in [-0.2, 0) is 0 Å². The number of fused-ring (bicyclic) bond motifs is 1. The van der Waals surface area contributed by atoms with Gasteiger partial charge in [-0.15, -0.1) is 0 Å². The Morgan fingerprint density at radius 1 is 0.783 bits per heavy atom. The molecule has 0 amide bonds. The first-order chi connectivity index (χ1) is 11.1. The van der Waals surface area contributed by atoms with Gasteiger partial charge in [0.25, 0.3) is 0 Å². The van der Waals surface area contributed by atoms with Crippen LogP contribution < -0.4 is 9.47 Å². The summed E-state index contributed by atoms with van der Waals surface area (Å²) in [5.74, 6) is 1.77. The van der Waals surface area contributed by atoms with Gasteiger partial charge in [0, 0.05) is 0 Å². The molecule has 3 rings (SSSR count). The van der Waals surface area contributed by atoms with Crippen molar-refractivity contribution in [3.8, 4) is 11.5 Å². The molecular formula is C21H22O2. The first-order valence-corrected chi connectivity index (χ1v) is 7.78. The van der Waals surface area contributed by atoms with Crippen molar-refractivity contribution in [1.82, 2.24) is 0 Å². The van der Waals surface area contributed by atoms with Crippen molar-refractivity contribution in [3.05, 3.63) is 70.3 Å². The zero-order valence-corrected chi connectivity index (χ0v) is 14.4. The van der Waals surface area contributed by atoms with Gasteiger partial charge in [0.1, 0.15) is 11.5 Å². The highest BCUT2D eigenvalue weighted by Gasteiger charge is 2.25. The summed E-state index contributed by atoms with van der Waals surface area (Å²) in [7, 11) is 3.40. The molecule has 118 valence electrons. The monoisotopic (exact) mass is 306 g/mol. The predicted molar refractivity (Wildman–Crippen MR) is 96.0 cm³/mol. The summed E-state index contributed by atoms with van der Waals surface area (Å²) in [4.78, 5) is 0. The molecular weight excluding hydrogens is 284 g/mol. The molecule has 2 nitrogen and oxygen atoms in total. The van der Waals surface area contributed by atoms with Crippen LogP contribution in [0.4, 0.5) is 0 Å². The van der Waals surface area contributed by atoms with Crippen molar-refractivity contribution in [1.29, 1.82) is 0 Å². The molecule has 0 N–H and O–H groups in total. The van der Waals surface area contributed by atoms with E-state index in [0.29, 0.717) is 0 Å². The lowest BCUT2D eigenvalue weighted by Gasteiger charge is -2.09. The molecule has 1 aliphatic carbocycles. The summed E-state index contributed by atoms with van der Waals surface area (Å²) >= 11 is 0. The number of hydrogen-bond donors (Lipinski definition) is 0. The number of ether oxygens (including phenoxy) is 2. The van der Waals surface area contributed by atoms with Gasteiger partial charge in [-0.25, -0.2) is 0 Å². The minimum absolute atomic E-state index is 0.877. The van der Waals surface area contributed by atoms with Gasteiger partial charge >= 0.3 is 0 Å². The minimum Gasteiger partial charge on any atom is -0.497 e. The normalized spacial score (nSPS) is 13.2. The van der Waals surface area contributed by atoms with Gasteiger partial charge in [0.05, 0.1) is 14.2 Å². The average molecular weight is 306 g/mol. The molecule has 2 aromatic carbocycles. The van der Waals surface area contributed by atoms with Crippen LogP contribution >= 0.6 is 0 Å². The predicted octanol–water partition coefficient (Wildman–Crippen LogP) is 5.33. The van der Waals surface area contributed by atoms with Gasteiger partial charge in [-0.05, 0) is 78.4 Å². The lowest BCUT2D eigenvalue weighted by molar-refractivity contribution is 0.414. The van der Waals surface area contributed by atoms with Gasteiger partial charge in [-0.3, -0.25) is 0 Å². The van der Waals surface area contributed by atoms with Crippen LogP contribution in [0.15, 0.2) is 53.6 Å². The minimum atomic E-state index is 0.877. The Kier molecular flexibility index (Phi) is 3.99. The van der Waals surface area contributed by atoms with E-state index >= 15 is 0 Å². The highest BCUT2D eigenvalue weighted by molar-refractivity contribution is 6.05. The Bertz CT molecular complexity index is 804. The molecule has 1 aliphatic rings. The van der Waals surface area contributed by atoms with Crippen LogP contribution in [0.5, 0.6) is 11.5 Å². The molecule has 2 aromatic rings. The largest absolute Gasteiger partial charge is 0.497 e. The van der Waals surface area contributed by atoms with Crippen molar-refractivity contribution < 1.29 is 9.47 Å². The number of hydrogen-bond acceptors (Lipinski definition) is 2. The molecule has 0 fully saturated rings. The van der Waals surface area contributed by atoms with Crippen molar-refractivity contribution in [2.24, 2.45) is 0 Å². The summed E-state index contributed by atoms with van der Waals surface area (Å²) in [6.07, 6.45) is 0. The molecule has 0 aromatic heterocycles. The molecule has 0 heterocycles. The molecule has 0 radical (unpaired) electrons. The summed E-state index contributed by atoms with van der Waals surface area (Å²) in [6, 6.07) is 14.6. The standard InChI is InChI=1S/C21H22O2/c1-13(2)20-14(3)21(15-6-8-16(22-4)9-7-15)18-11-10-17(23-5)12-19(18)20/h6-12H,1-5H3. The number of methoxy groups -OCH3 is 2. The molecule has 23 heavy (non-hydrogen) atoms. The van der Waals surface area contributed by atoms with Gasteiger partial charge in [-0.2, -0.15) is 0 Å². The molecule has 0 unspecified atom stereocenters. The molecule has 0 saturated carbocycles. The van der Waals surface area contributed by atoms with Gasteiger partial charge in [0.15, 0.2) is 0 Å². The number of rotatable bonds is 3. The fraction of sp³-hybridized carbons (Fsp3) is 0.238. The van der Waals surface area contributed by atoms with Crippen LogP contribution in [0, 0.1) is 0 Å². The third kappa shape index (κ3) is 2.55. The number of allylic oxidation sites excluding steroid dienone is 3. The molecule has 2 heteroatoms.